The van der Waals surface area contributed by atoms with Crippen molar-refractivity contribution in [2.24, 2.45) is 0 Å². The van der Waals surface area contributed by atoms with E-state index in [2.05, 4.69) is 0 Å². The first-order valence-electron chi connectivity index (χ1n) is 6.54. The molecular formula is C16H16O4. The first-order valence-corrected chi connectivity index (χ1v) is 6.54. The maximum Gasteiger partial charge on any atom is 0.293 e. The van der Waals surface area contributed by atoms with Gasteiger partial charge in [0.15, 0.2) is 5.43 Å². The Labute approximate surface area is 116 Å². The van der Waals surface area contributed by atoms with Crippen LogP contribution in [0.3, 0.4) is 0 Å². The molecule has 20 heavy (non-hydrogen) atoms. The Kier molecular flexibility index (Phi) is 2.64. The van der Waals surface area contributed by atoms with Crippen LogP contribution in [0.4, 0.5) is 0 Å². The fourth-order valence-corrected chi connectivity index (χ4v) is 2.41. The second-order valence-corrected chi connectivity index (χ2v) is 5.67. The predicted octanol–water partition coefficient (Wildman–Crippen LogP) is 3.07. The van der Waals surface area contributed by atoms with E-state index in [4.69, 9.17) is 9.15 Å². The van der Waals surface area contributed by atoms with Crippen LogP contribution < -0.4 is 10.2 Å². The van der Waals surface area contributed by atoms with Crippen LogP contribution in [0.15, 0.2) is 39.5 Å². The van der Waals surface area contributed by atoms with Crippen molar-refractivity contribution in [1.29, 1.82) is 0 Å². The highest BCUT2D eigenvalue weighted by Gasteiger charge is 2.43. The number of rotatable bonds is 1. The average molecular weight is 272 g/mol. The Hall–Kier alpha value is -2.23. The molecule has 1 aromatic carbocycles. The second-order valence-electron chi connectivity index (χ2n) is 5.67. The summed E-state index contributed by atoms with van der Waals surface area (Å²) in [5, 5.41) is 9.30. The maximum atomic E-state index is 12.3. The van der Waals surface area contributed by atoms with Crippen molar-refractivity contribution < 1.29 is 14.3 Å². The van der Waals surface area contributed by atoms with Crippen molar-refractivity contribution >= 4 is 0 Å². The van der Waals surface area contributed by atoms with Crippen molar-refractivity contribution in [2.75, 3.05) is 0 Å². The normalized spacial score (nSPS) is 19.4. The third-order valence-electron chi connectivity index (χ3n) is 4.01. The fraction of sp³-hybridized carbons (Fsp3) is 0.312. The summed E-state index contributed by atoms with van der Waals surface area (Å²) in [5.41, 5.74) is 0.878. The van der Waals surface area contributed by atoms with Gasteiger partial charge in [-0.3, -0.25) is 4.79 Å². The lowest BCUT2D eigenvalue weighted by Gasteiger charge is -2.20. The topological polar surface area (TPSA) is 59.7 Å². The van der Waals surface area contributed by atoms with E-state index >= 15 is 0 Å². The summed E-state index contributed by atoms with van der Waals surface area (Å²) in [5.74, 6) is 0.917. The first kappa shape index (κ1) is 12.8. The number of benzene rings is 1. The van der Waals surface area contributed by atoms with Gasteiger partial charge in [0.05, 0.1) is 5.56 Å². The predicted molar refractivity (Wildman–Crippen MR) is 75.2 cm³/mol. The van der Waals surface area contributed by atoms with Crippen LogP contribution in [0.1, 0.15) is 26.3 Å². The molecule has 2 heterocycles. The molecule has 0 spiro atoms. The molecule has 1 N–H and O–H groups in total. The first-order chi connectivity index (χ1) is 9.39. The van der Waals surface area contributed by atoms with Crippen LogP contribution in [0, 0.1) is 0 Å². The Balaban J connectivity index is 2.15. The molecule has 2 aromatic rings. The van der Waals surface area contributed by atoms with E-state index in [-0.39, 0.29) is 22.7 Å². The van der Waals surface area contributed by atoms with Crippen molar-refractivity contribution in [2.45, 2.75) is 32.3 Å². The number of ether oxygens (including phenoxy) is 1. The third kappa shape index (κ3) is 1.80. The molecule has 0 bridgehead atoms. The number of hydrogen-bond donors (Lipinski definition) is 1. The van der Waals surface area contributed by atoms with Gasteiger partial charge in [0, 0.05) is 17.0 Å². The Bertz CT molecular complexity index is 710. The summed E-state index contributed by atoms with van der Waals surface area (Å²) >= 11 is 0. The molecule has 0 amide bonds. The zero-order chi connectivity index (χ0) is 14.5. The minimum absolute atomic E-state index is 0.0799. The zero-order valence-corrected chi connectivity index (χ0v) is 11.6. The lowest BCUT2D eigenvalue weighted by atomic mass is 9.82. The third-order valence-corrected chi connectivity index (χ3v) is 4.01. The van der Waals surface area contributed by atoms with Crippen molar-refractivity contribution in [3.05, 3.63) is 46.1 Å². The number of phenols is 1. The van der Waals surface area contributed by atoms with Crippen LogP contribution in [-0.2, 0) is 5.41 Å². The van der Waals surface area contributed by atoms with Crippen molar-refractivity contribution in [3.63, 3.8) is 0 Å². The largest absolute Gasteiger partial charge is 0.508 e. The maximum absolute atomic E-state index is 12.3. The number of phenolic OH excluding ortho intramolecular Hbond substituents is 1. The molecule has 0 saturated heterocycles. The van der Waals surface area contributed by atoms with Gasteiger partial charge < -0.3 is 14.3 Å². The van der Waals surface area contributed by atoms with Crippen molar-refractivity contribution in [3.8, 4) is 23.0 Å². The molecule has 104 valence electrons. The van der Waals surface area contributed by atoms with Gasteiger partial charge in [0.2, 0.25) is 0 Å². The van der Waals surface area contributed by atoms with Gasteiger partial charge in [0.1, 0.15) is 17.6 Å². The van der Waals surface area contributed by atoms with E-state index in [1.54, 1.807) is 24.3 Å². The van der Waals surface area contributed by atoms with E-state index in [1.807, 2.05) is 20.8 Å². The van der Waals surface area contributed by atoms with Gasteiger partial charge in [-0.25, -0.2) is 0 Å². The minimum atomic E-state index is -0.358. The summed E-state index contributed by atoms with van der Waals surface area (Å²) in [6.07, 6.45) is -0.107. The number of aromatic hydroxyl groups is 1. The quantitative estimate of drug-likeness (QED) is 0.866. The van der Waals surface area contributed by atoms with Crippen LogP contribution in [0.5, 0.6) is 11.7 Å². The molecule has 4 nitrogen and oxygen atoms in total. The monoisotopic (exact) mass is 272 g/mol. The Morgan fingerprint density at radius 2 is 1.85 bits per heavy atom. The van der Waals surface area contributed by atoms with Gasteiger partial charge in [-0.1, -0.05) is 13.8 Å². The van der Waals surface area contributed by atoms with E-state index < -0.39 is 0 Å². The smallest absolute Gasteiger partial charge is 0.293 e. The van der Waals surface area contributed by atoms with Crippen LogP contribution >= 0.6 is 0 Å². The number of fused-ring (bicyclic) bond motifs is 1. The summed E-state index contributed by atoms with van der Waals surface area (Å²) in [7, 11) is 0. The van der Waals surface area contributed by atoms with E-state index in [1.165, 1.54) is 6.07 Å². The summed E-state index contributed by atoms with van der Waals surface area (Å²) in [6, 6.07) is 7.98. The van der Waals surface area contributed by atoms with Crippen LogP contribution in [0.25, 0.3) is 11.3 Å². The standard InChI is InChI=1S/C16H16O4/c1-9-16(2,3)14-12(18)8-13(20-15(14)19-9)10-4-6-11(17)7-5-10/h4-9,17H,1-3H3. The zero-order valence-electron chi connectivity index (χ0n) is 11.6. The molecular weight excluding hydrogens is 256 g/mol. The Morgan fingerprint density at radius 1 is 1.20 bits per heavy atom. The number of hydrogen-bond acceptors (Lipinski definition) is 4. The summed E-state index contributed by atoms with van der Waals surface area (Å²) in [6.45, 7) is 5.87. The van der Waals surface area contributed by atoms with Crippen LogP contribution in [-0.4, -0.2) is 11.2 Å². The molecule has 1 aliphatic heterocycles. The summed E-state index contributed by atoms with van der Waals surface area (Å²) < 4.78 is 11.4. The molecule has 0 saturated carbocycles. The van der Waals surface area contributed by atoms with E-state index in [0.717, 1.165) is 5.56 Å². The van der Waals surface area contributed by atoms with Crippen LogP contribution in [0.2, 0.25) is 0 Å². The molecule has 1 aromatic heterocycles. The van der Waals surface area contributed by atoms with Gasteiger partial charge in [-0.15, -0.1) is 0 Å². The molecule has 1 atom stereocenters. The van der Waals surface area contributed by atoms with Gasteiger partial charge in [-0.2, -0.15) is 0 Å². The lowest BCUT2D eigenvalue weighted by molar-refractivity contribution is 0.155. The van der Waals surface area contributed by atoms with E-state index in [0.29, 0.717) is 17.3 Å². The lowest BCUT2D eigenvalue weighted by Crippen LogP contribution is -2.32. The molecule has 0 radical (unpaired) electrons. The van der Waals surface area contributed by atoms with Gasteiger partial charge in [-0.05, 0) is 31.2 Å². The Morgan fingerprint density at radius 3 is 2.50 bits per heavy atom. The average Bonchev–Trinajstić information content (AvgIpc) is 2.61. The van der Waals surface area contributed by atoms with E-state index in [9.17, 15) is 9.90 Å². The molecule has 0 aliphatic carbocycles. The van der Waals surface area contributed by atoms with Gasteiger partial charge >= 0.3 is 0 Å². The fourth-order valence-electron chi connectivity index (χ4n) is 2.41. The minimum Gasteiger partial charge on any atom is -0.508 e. The molecule has 4 heteroatoms. The molecule has 0 fully saturated rings. The summed E-state index contributed by atoms with van der Waals surface area (Å²) in [4.78, 5) is 12.3. The highest BCUT2D eigenvalue weighted by Crippen LogP contribution is 2.42. The highest BCUT2D eigenvalue weighted by atomic mass is 16.6. The SMILES string of the molecule is CC1Oc2oc(-c3ccc(O)cc3)cc(=O)c2C1(C)C. The van der Waals surface area contributed by atoms with Crippen molar-refractivity contribution in [1.82, 2.24) is 0 Å². The highest BCUT2D eigenvalue weighted by molar-refractivity contribution is 5.59. The molecule has 3 rings (SSSR count). The second kappa shape index (κ2) is 4.13. The molecule has 1 unspecified atom stereocenters. The molecule has 1 aliphatic rings. The van der Waals surface area contributed by atoms with Gasteiger partial charge in [0.25, 0.3) is 5.95 Å².